The van der Waals surface area contributed by atoms with Crippen LogP contribution in [0.15, 0.2) is 23.2 Å². The number of guanidine groups is 1. The Hall–Kier alpha value is -1.71. The molecule has 0 amide bonds. The van der Waals surface area contributed by atoms with Crippen molar-refractivity contribution in [1.82, 2.24) is 4.90 Å². The third-order valence-corrected chi connectivity index (χ3v) is 2.63. The molecule has 2 heterocycles. The highest BCUT2D eigenvalue weighted by molar-refractivity contribution is 5.97. The number of nitrogens with zero attached hydrogens (tertiary/aromatic N) is 2. The summed E-state index contributed by atoms with van der Waals surface area (Å²) in [5, 5.41) is 12.6. The van der Waals surface area contributed by atoms with E-state index in [9.17, 15) is 5.11 Å². The monoisotopic (exact) mass is 189 g/mol. The average Bonchev–Trinajstić information content (AvgIpc) is 2.61. The molecule has 0 aromatic heterocycles. The van der Waals surface area contributed by atoms with Gasteiger partial charge in [0.15, 0.2) is 5.96 Å². The predicted octanol–water partition coefficient (Wildman–Crippen LogP) is 0.989. The summed E-state index contributed by atoms with van der Waals surface area (Å²) in [5.74, 6) is 1.29. The number of fused-ring (bicyclic) bond motifs is 2. The first-order valence-corrected chi connectivity index (χ1v) is 4.71. The minimum atomic E-state index is 0.324. The molecule has 4 nitrogen and oxygen atoms in total. The molecule has 2 N–H and O–H groups in total. The minimum absolute atomic E-state index is 0.324. The van der Waals surface area contributed by atoms with Crippen LogP contribution in [0.5, 0.6) is 5.75 Å². The van der Waals surface area contributed by atoms with E-state index in [1.807, 2.05) is 6.07 Å². The Bertz CT molecular complexity index is 414. The lowest BCUT2D eigenvalue weighted by atomic mass is 10.1. The molecule has 72 valence electrons. The van der Waals surface area contributed by atoms with Gasteiger partial charge in [-0.05, 0) is 23.8 Å². The van der Waals surface area contributed by atoms with Crippen molar-refractivity contribution in [3.63, 3.8) is 0 Å². The summed E-state index contributed by atoms with van der Waals surface area (Å²) in [4.78, 5) is 6.53. The van der Waals surface area contributed by atoms with Crippen molar-refractivity contribution in [2.45, 2.75) is 6.54 Å². The Morgan fingerprint density at radius 3 is 3.29 bits per heavy atom. The highest BCUT2D eigenvalue weighted by Gasteiger charge is 2.23. The van der Waals surface area contributed by atoms with Crippen LogP contribution in [-0.4, -0.2) is 29.1 Å². The second-order valence-corrected chi connectivity index (χ2v) is 3.59. The standard InChI is InChI=1S/C10H11N3O/c14-8-1-2-9-7(5-8)6-13-4-3-11-10(13)12-9/h1-2,5,14H,3-4,6H2,(H,11,12). The number of phenolic OH excluding ortho intramolecular Hbond substituents is 1. The van der Waals surface area contributed by atoms with Gasteiger partial charge >= 0.3 is 0 Å². The molecule has 0 aliphatic carbocycles. The molecule has 3 rings (SSSR count). The highest BCUT2D eigenvalue weighted by atomic mass is 16.3. The van der Waals surface area contributed by atoms with E-state index < -0.39 is 0 Å². The minimum Gasteiger partial charge on any atom is -0.508 e. The Morgan fingerprint density at radius 1 is 1.43 bits per heavy atom. The number of nitrogens with one attached hydrogen (secondary N) is 1. The van der Waals surface area contributed by atoms with Gasteiger partial charge in [-0.2, -0.15) is 0 Å². The summed E-state index contributed by atoms with van der Waals surface area (Å²) in [7, 11) is 0. The van der Waals surface area contributed by atoms with Gasteiger partial charge in [0.1, 0.15) is 5.75 Å². The molecule has 2 aliphatic heterocycles. The quantitative estimate of drug-likeness (QED) is 0.598. The van der Waals surface area contributed by atoms with Gasteiger partial charge < -0.3 is 15.3 Å². The lowest BCUT2D eigenvalue weighted by Gasteiger charge is -2.28. The maximum absolute atomic E-state index is 9.35. The number of aromatic hydroxyl groups is 1. The van der Waals surface area contributed by atoms with Gasteiger partial charge in [-0.25, -0.2) is 0 Å². The summed E-state index contributed by atoms with van der Waals surface area (Å²) in [5.41, 5.74) is 2.19. The smallest absolute Gasteiger partial charge is 0.198 e. The zero-order chi connectivity index (χ0) is 9.54. The van der Waals surface area contributed by atoms with Crippen LogP contribution >= 0.6 is 0 Å². The Labute approximate surface area is 81.9 Å². The molecule has 0 saturated heterocycles. The molecule has 0 radical (unpaired) electrons. The number of aliphatic imine (C=N–C) groups is 1. The predicted molar refractivity (Wildman–Crippen MR) is 54.4 cm³/mol. The highest BCUT2D eigenvalue weighted by Crippen LogP contribution is 2.27. The second kappa shape index (κ2) is 2.64. The second-order valence-electron chi connectivity index (χ2n) is 3.59. The van der Waals surface area contributed by atoms with Crippen LogP contribution in [0, 0.1) is 0 Å². The Morgan fingerprint density at radius 2 is 2.36 bits per heavy atom. The molecule has 0 bridgehead atoms. The number of anilines is 1. The van der Waals surface area contributed by atoms with E-state index in [0.29, 0.717) is 5.75 Å². The maximum atomic E-state index is 9.35. The van der Waals surface area contributed by atoms with Gasteiger partial charge in [-0.3, -0.25) is 4.99 Å². The summed E-state index contributed by atoms with van der Waals surface area (Å²) in [6.45, 7) is 2.68. The van der Waals surface area contributed by atoms with Crippen molar-refractivity contribution < 1.29 is 5.11 Å². The van der Waals surface area contributed by atoms with E-state index in [2.05, 4.69) is 15.2 Å². The molecule has 0 saturated carbocycles. The normalized spacial score (nSPS) is 18.3. The van der Waals surface area contributed by atoms with Crippen LogP contribution in [0.1, 0.15) is 5.56 Å². The van der Waals surface area contributed by atoms with E-state index in [1.165, 1.54) is 0 Å². The fourth-order valence-electron chi connectivity index (χ4n) is 1.91. The van der Waals surface area contributed by atoms with E-state index in [-0.39, 0.29) is 0 Å². The van der Waals surface area contributed by atoms with E-state index in [1.54, 1.807) is 12.1 Å². The van der Waals surface area contributed by atoms with Gasteiger partial charge in [0.2, 0.25) is 0 Å². The lowest BCUT2D eigenvalue weighted by Crippen LogP contribution is -2.36. The van der Waals surface area contributed by atoms with Crippen LogP contribution in [0.25, 0.3) is 0 Å². The molecule has 14 heavy (non-hydrogen) atoms. The zero-order valence-electron chi connectivity index (χ0n) is 7.70. The van der Waals surface area contributed by atoms with Gasteiger partial charge in [0.05, 0.1) is 6.54 Å². The third kappa shape index (κ3) is 1.04. The summed E-state index contributed by atoms with van der Waals surface area (Å²) >= 11 is 0. The summed E-state index contributed by atoms with van der Waals surface area (Å²) in [6.07, 6.45) is 0. The van der Waals surface area contributed by atoms with Crippen LogP contribution in [-0.2, 0) is 6.54 Å². The number of phenols is 1. The number of hydrogen-bond acceptors (Lipinski definition) is 4. The van der Waals surface area contributed by atoms with Crippen molar-refractivity contribution in [2.75, 3.05) is 18.4 Å². The van der Waals surface area contributed by atoms with Gasteiger partial charge in [-0.15, -0.1) is 0 Å². The van der Waals surface area contributed by atoms with E-state index >= 15 is 0 Å². The van der Waals surface area contributed by atoms with Gasteiger partial charge in [0, 0.05) is 18.8 Å². The molecule has 0 atom stereocenters. The molecule has 1 aromatic rings. The van der Waals surface area contributed by atoms with Crippen LogP contribution < -0.4 is 5.32 Å². The molecule has 0 spiro atoms. The first-order valence-electron chi connectivity index (χ1n) is 4.71. The van der Waals surface area contributed by atoms with Crippen LogP contribution in [0.2, 0.25) is 0 Å². The molecule has 4 heteroatoms. The molecule has 1 aromatic carbocycles. The molecule has 2 aliphatic rings. The van der Waals surface area contributed by atoms with Gasteiger partial charge in [0.25, 0.3) is 0 Å². The van der Waals surface area contributed by atoms with E-state index in [4.69, 9.17) is 0 Å². The Kier molecular flexibility index (Phi) is 1.45. The largest absolute Gasteiger partial charge is 0.508 e. The zero-order valence-corrected chi connectivity index (χ0v) is 7.70. The number of benzene rings is 1. The molecule has 0 fully saturated rings. The summed E-state index contributed by atoms with van der Waals surface area (Å²) in [6, 6.07) is 5.39. The first kappa shape index (κ1) is 7.67. The number of rotatable bonds is 0. The van der Waals surface area contributed by atoms with Crippen molar-refractivity contribution in [2.24, 2.45) is 4.99 Å². The van der Waals surface area contributed by atoms with Crippen molar-refractivity contribution in [1.29, 1.82) is 0 Å². The summed E-state index contributed by atoms with van der Waals surface area (Å²) < 4.78 is 0. The van der Waals surface area contributed by atoms with Crippen molar-refractivity contribution in [3.8, 4) is 5.75 Å². The number of hydrogen-bond donors (Lipinski definition) is 2. The topological polar surface area (TPSA) is 47.9 Å². The van der Waals surface area contributed by atoms with Gasteiger partial charge in [-0.1, -0.05) is 0 Å². The Balaban J connectivity index is 2.04. The van der Waals surface area contributed by atoms with E-state index in [0.717, 1.165) is 36.8 Å². The van der Waals surface area contributed by atoms with Crippen LogP contribution in [0.4, 0.5) is 5.69 Å². The molecular formula is C10H11N3O. The molecule has 0 unspecified atom stereocenters. The van der Waals surface area contributed by atoms with Crippen molar-refractivity contribution >= 4 is 11.6 Å². The SMILES string of the molecule is Oc1ccc2c(c1)CN1CCN=C1N2. The van der Waals surface area contributed by atoms with Crippen molar-refractivity contribution in [3.05, 3.63) is 23.8 Å². The first-order chi connectivity index (χ1) is 6.83. The maximum Gasteiger partial charge on any atom is 0.198 e. The third-order valence-electron chi connectivity index (χ3n) is 2.63. The fourth-order valence-corrected chi connectivity index (χ4v) is 1.91. The molecular weight excluding hydrogens is 178 g/mol. The lowest BCUT2D eigenvalue weighted by molar-refractivity contribution is 0.440. The fraction of sp³-hybridized carbons (Fsp3) is 0.300. The van der Waals surface area contributed by atoms with Crippen LogP contribution in [0.3, 0.4) is 0 Å². The average molecular weight is 189 g/mol.